The van der Waals surface area contributed by atoms with Gasteiger partial charge in [-0.1, -0.05) is 12.1 Å². The van der Waals surface area contributed by atoms with Gasteiger partial charge in [-0.15, -0.1) is 0 Å². The molecular weight excluding hydrogens is 290 g/mol. The van der Waals surface area contributed by atoms with Crippen molar-refractivity contribution in [1.29, 1.82) is 0 Å². The fraction of sp³-hybridized carbons (Fsp3) is 0.571. The zero-order chi connectivity index (χ0) is 14.9. The first-order valence-corrected chi connectivity index (χ1v) is 8.77. The van der Waals surface area contributed by atoms with Crippen molar-refractivity contribution >= 4 is 10.2 Å². The van der Waals surface area contributed by atoms with Gasteiger partial charge in [-0.2, -0.15) is 12.7 Å². The molecule has 3 rings (SSSR count). The van der Waals surface area contributed by atoms with Crippen molar-refractivity contribution in [3.63, 3.8) is 0 Å². The molecule has 1 aromatic rings. The average Bonchev–Trinajstić information content (AvgIpc) is 2.92. The van der Waals surface area contributed by atoms with Crippen LogP contribution in [0, 0.1) is 0 Å². The smallest absolute Gasteiger partial charge is 0.276 e. The minimum absolute atomic E-state index is 0.483. The van der Waals surface area contributed by atoms with Gasteiger partial charge in [0.1, 0.15) is 5.75 Å². The molecular formula is C14H21N3O3S. The van der Waals surface area contributed by atoms with Crippen molar-refractivity contribution in [3.05, 3.63) is 29.3 Å². The summed E-state index contributed by atoms with van der Waals surface area (Å²) < 4.78 is 29.4. The summed E-state index contributed by atoms with van der Waals surface area (Å²) in [7, 11) is -3.53. The maximum Gasteiger partial charge on any atom is 0.276 e. The van der Waals surface area contributed by atoms with Crippen LogP contribution in [-0.2, 0) is 23.1 Å². The van der Waals surface area contributed by atoms with Gasteiger partial charge in [0, 0.05) is 39.1 Å². The fourth-order valence-corrected chi connectivity index (χ4v) is 3.56. The van der Waals surface area contributed by atoms with Gasteiger partial charge >= 0.3 is 0 Å². The largest absolute Gasteiger partial charge is 0.493 e. The molecule has 0 aliphatic carbocycles. The standard InChI is InChI=1S/C14H21N3O3S/c15-21(18,19)17-8-6-16(7-9-17)5-3-12-1-2-14-13(11-12)4-10-20-14/h1-2,11H,3-10H2,(H2,15,18,19). The third-order valence-electron chi connectivity index (χ3n) is 4.16. The van der Waals surface area contributed by atoms with Crippen LogP contribution >= 0.6 is 0 Å². The molecule has 0 atom stereocenters. The molecule has 7 heteroatoms. The topological polar surface area (TPSA) is 75.9 Å². The molecule has 0 saturated carbocycles. The molecule has 0 radical (unpaired) electrons. The predicted molar refractivity (Wildman–Crippen MR) is 80.5 cm³/mol. The Morgan fingerprint density at radius 2 is 1.95 bits per heavy atom. The van der Waals surface area contributed by atoms with Crippen LogP contribution in [0.3, 0.4) is 0 Å². The first kappa shape index (κ1) is 14.8. The van der Waals surface area contributed by atoms with Gasteiger partial charge < -0.3 is 9.64 Å². The Kier molecular flexibility index (Phi) is 4.17. The SMILES string of the molecule is NS(=O)(=O)N1CCN(CCc2ccc3c(c2)CCO3)CC1. The lowest BCUT2D eigenvalue weighted by atomic mass is 10.1. The summed E-state index contributed by atoms with van der Waals surface area (Å²) >= 11 is 0. The lowest BCUT2D eigenvalue weighted by Gasteiger charge is -2.32. The van der Waals surface area contributed by atoms with Crippen LogP contribution in [0.25, 0.3) is 0 Å². The Morgan fingerprint density at radius 3 is 2.67 bits per heavy atom. The number of nitrogens with zero attached hydrogens (tertiary/aromatic N) is 2. The second-order valence-corrected chi connectivity index (χ2v) is 7.12. The number of nitrogens with two attached hydrogens (primary N) is 1. The molecule has 0 unspecified atom stereocenters. The Bertz CT molecular complexity index is 610. The van der Waals surface area contributed by atoms with E-state index in [4.69, 9.17) is 9.88 Å². The highest BCUT2D eigenvalue weighted by Gasteiger charge is 2.23. The first-order valence-electron chi connectivity index (χ1n) is 7.27. The van der Waals surface area contributed by atoms with Gasteiger partial charge in [-0.25, -0.2) is 5.14 Å². The molecule has 21 heavy (non-hydrogen) atoms. The number of hydrogen-bond acceptors (Lipinski definition) is 4. The average molecular weight is 311 g/mol. The molecule has 0 aromatic heterocycles. The second kappa shape index (κ2) is 5.92. The number of fused-ring (bicyclic) bond motifs is 1. The van der Waals surface area contributed by atoms with Crippen molar-refractivity contribution in [2.75, 3.05) is 39.3 Å². The van der Waals surface area contributed by atoms with Gasteiger partial charge in [0.15, 0.2) is 0 Å². The van der Waals surface area contributed by atoms with E-state index in [1.54, 1.807) is 0 Å². The van der Waals surface area contributed by atoms with E-state index in [1.165, 1.54) is 15.4 Å². The first-order chi connectivity index (χ1) is 10.0. The molecule has 1 saturated heterocycles. The van der Waals surface area contributed by atoms with E-state index in [2.05, 4.69) is 23.1 Å². The molecule has 2 N–H and O–H groups in total. The minimum atomic E-state index is -3.53. The lowest BCUT2D eigenvalue weighted by molar-refractivity contribution is 0.190. The summed E-state index contributed by atoms with van der Waals surface area (Å²) in [5, 5.41) is 5.14. The van der Waals surface area contributed by atoms with Crippen LogP contribution in [0.1, 0.15) is 11.1 Å². The molecule has 0 spiro atoms. The minimum Gasteiger partial charge on any atom is -0.493 e. The Labute approximate surface area is 125 Å². The number of benzene rings is 1. The molecule has 2 aliphatic heterocycles. The Morgan fingerprint density at radius 1 is 1.19 bits per heavy atom. The van der Waals surface area contributed by atoms with E-state index in [9.17, 15) is 8.42 Å². The van der Waals surface area contributed by atoms with Gasteiger partial charge in [-0.3, -0.25) is 0 Å². The van der Waals surface area contributed by atoms with Crippen molar-refractivity contribution < 1.29 is 13.2 Å². The maximum atomic E-state index is 11.3. The quantitative estimate of drug-likeness (QED) is 0.848. The highest BCUT2D eigenvalue weighted by atomic mass is 32.2. The van der Waals surface area contributed by atoms with Gasteiger partial charge in [0.2, 0.25) is 0 Å². The van der Waals surface area contributed by atoms with E-state index in [0.717, 1.165) is 44.8 Å². The van der Waals surface area contributed by atoms with Crippen LogP contribution in [0.2, 0.25) is 0 Å². The zero-order valence-electron chi connectivity index (χ0n) is 12.0. The zero-order valence-corrected chi connectivity index (χ0v) is 12.8. The number of piperazine rings is 1. The summed E-state index contributed by atoms with van der Waals surface area (Å²) in [6.07, 6.45) is 1.97. The van der Waals surface area contributed by atoms with E-state index in [0.29, 0.717) is 13.1 Å². The normalized spacial score (nSPS) is 20.2. The highest BCUT2D eigenvalue weighted by Crippen LogP contribution is 2.26. The van der Waals surface area contributed by atoms with Crippen LogP contribution in [0.15, 0.2) is 18.2 Å². The molecule has 6 nitrogen and oxygen atoms in total. The van der Waals surface area contributed by atoms with Gasteiger partial charge in [0.25, 0.3) is 10.2 Å². The van der Waals surface area contributed by atoms with E-state index < -0.39 is 10.2 Å². The summed E-state index contributed by atoms with van der Waals surface area (Å²) in [5.41, 5.74) is 2.61. The molecule has 116 valence electrons. The second-order valence-electron chi connectivity index (χ2n) is 5.58. The number of hydrogen-bond donors (Lipinski definition) is 1. The molecule has 0 bridgehead atoms. The molecule has 0 amide bonds. The van der Waals surface area contributed by atoms with E-state index in [-0.39, 0.29) is 0 Å². The molecule has 2 aliphatic rings. The monoisotopic (exact) mass is 311 g/mol. The Hall–Kier alpha value is -1.15. The van der Waals surface area contributed by atoms with Crippen molar-refractivity contribution in [2.45, 2.75) is 12.8 Å². The third-order valence-corrected chi connectivity index (χ3v) is 5.25. The van der Waals surface area contributed by atoms with E-state index in [1.807, 2.05) is 0 Å². The van der Waals surface area contributed by atoms with Crippen LogP contribution in [-0.4, -0.2) is 57.0 Å². The van der Waals surface area contributed by atoms with Crippen LogP contribution < -0.4 is 9.88 Å². The summed E-state index contributed by atoms with van der Waals surface area (Å²) in [5.74, 6) is 1.01. The van der Waals surface area contributed by atoms with Gasteiger partial charge in [0.05, 0.1) is 6.61 Å². The fourth-order valence-electron chi connectivity index (χ4n) is 2.89. The molecule has 2 heterocycles. The number of rotatable bonds is 4. The van der Waals surface area contributed by atoms with Crippen molar-refractivity contribution in [3.8, 4) is 5.75 Å². The summed E-state index contributed by atoms with van der Waals surface area (Å²) in [4.78, 5) is 2.28. The predicted octanol–water partition coefficient (Wildman–Crippen LogP) is -0.0149. The molecule has 1 fully saturated rings. The third kappa shape index (κ3) is 3.55. The van der Waals surface area contributed by atoms with Crippen LogP contribution in [0.4, 0.5) is 0 Å². The number of ether oxygens (including phenoxy) is 1. The Balaban J connectivity index is 1.50. The molecule has 1 aromatic carbocycles. The van der Waals surface area contributed by atoms with Crippen LogP contribution in [0.5, 0.6) is 5.75 Å². The van der Waals surface area contributed by atoms with Crippen molar-refractivity contribution in [2.24, 2.45) is 5.14 Å². The lowest BCUT2D eigenvalue weighted by Crippen LogP contribution is -2.50. The summed E-state index contributed by atoms with van der Waals surface area (Å²) in [6, 6.07) is 6.39. The maximum absolute atomic E-state index is 11.3. The van der Waals surface area contributed by atoms with E-state index >= 15 is 0 Å². The highest BCUT2D eigenvalue weighted by molar-refractivity contribution is 7.86. The van der Waals surface area contributed by atoms with Crippen molar-refractivity contribution in [1.82, 2.24) is 9.21 Å². The van der Waals surface area contributed by atoms with Gasteiger partial charge in [-0.05, 0) is 23.6 Å². The summed E-state index contributed by atoms with van der Waals surface area (Å²) in [6.45, 7) is 4.18.